The van der Waals surface area contributed by atoms with Crippen LogP contribution in [0.4, 0.5) is 11.4 Å². The number of aromatic nitrogens is 1. The standard InChI is InChI=1S/C31H34BrN5O6S/c1-5-7-22-27(30(39)43-6-2)28(21-18-20(32)9-11-25(21)42-4)36-29(38)26(44-31(36)33-22)17-19-8-10-23(24(16-19)37(40)41)35-14-12-34(3)13-15-35/h8-11,16-18,28H,5-7,12-15H2,1-4H3/b26-17-/t28-/m0/s1. The van der Waals surface area contributed by atoms with E-state index in [1.165, 1.54) is 29.1 Å². The van der Waals surface area contributed by atoms with Crippen LogP contribution in [-0.2, 0) is 9.53 Å². The van der Waals surface area contributed by atoms with Crippen molar-refractivity contribution >= 4 is 50.7 Å². The summed E-state index contributed by atoms with van der Waals surface area (Å²) in [5.41, 5.74) is 2.15. The Balaban J connectivity index is 1.69. The number of hydrogen-bond donors (Lipinski definition) is 0. The SMILES string of the molecule is CCCC1=C(C(=O)OCC)[C@H](c2cc(Br)ccc2OC)n2c(s/c(=C\c3ccc(N4CCN(C)CC4)c([N+](=O)[O-])c3)c2=O)=N1. The molecule has 1 aromatic heterocycles. The molecule has 0 amide bonds. The highest BCUT2D eigenvalue weighted by Gasteiger charge is 2.36. The third-order valence-electron chi connectivity index (χ3n) is 7.72. The van der Waals surface area contributed by atoms with E-state index in [2.05, 4.69) is 20.8 Å². The molecule has 1 fully saturated rings. The molecule has 3 heterocycles. The predicted molar refractivity (Wildman–Crippen MR) is 173 cm³/mol. The number of carbonyl (C=O) groups excluding carboxylic acids is 1. The summed E-state index contributed by atoms with van der Waals surface area (Å²) in [7, 11) is 3.57. The first kappa shape index (κ1) is 31.6. The van der Waals surface area contributed by atoms with Gasteiger partial charge in [0.2, 0.25) is 0 Å². The Bertz CT molecular complexity index is 1810. The number of halogens is 1. The van der Waals surface area contributed by atoms with E-state index in [-0.39, 0.29) is 28.3 Å². The number of thiazole rings is 1. The largest absolute Gasteiger partial charge is 0.496 e. The zero-order chi connectivity index (χ0) is 31.5. The second-order valence-corrected chi connectivity index (χ2v) is 12.5. The number of rotatable bonds is 9. The van der Waals surface area contributed by atoms with Gasteiger partial charge in [-0.2, -0.15) is 0 Å². The molecule has 11 nitrogen and oxygen atoms in total. The molecule has 1 saturated heterocycles. The van der Waals surface area contributed by atoms with Gasteiger partial charge < -0.3 is 19.3 Å². The van der Waals surface area contributed by atoms with Crippen LogP contribution in [0.3, 0.4) is 0 Å². The zero-order valence-corrected chi connectivity index (χ0v) is 27.4. The molecular weight excluding hydrogens is 650 g/mol. The quantitative estimate of drug-likeness (QED) is 0.189. The molecule has 0 saturated carbocycles. The van der Waals surface area contributed by atoms with E-state index in [0.29, 0.717) is 57.1 Å². The van der Waals surface area contributed by atoms with Gasteiger partial charge in [-0.1, -0.05) is 46.7 Å². The normalized spacial score (nSPS) is 17.3. The third kappa shape index (κ3) is 6.21. The third-order valence-corrected chi connectivity index (χ3v) is 9.19. The monoisotopic (exact) mass is 683 g/mol. The molecule has 0 unspecified atom stereocenters. The fraction of sp³-hybridized carbons (Fsp3) is 0.387. The van der Waals surface area contributed by atoms with Crippen molar-refractivity contribution < 1.29 is 19.2 Å². The Morgan fingerprint density at radius 1 is 1.18 bits per heavy atom. The number of ether oxygens (including phenoxy) is 2. The van der Waals surface area contributed by atoms with Crippen LogP contribution in [0.1, 0.15) is 43.9 Å². The smallest absolute Gasteiger partial charge is 0.338 e. The van der Waals surface area contributed by atoms with Gasteiger partial charge in [-0.3, -0.25) is 19.5 Å². The Morgan fingerprint density at radius 3 is 2.59 bits per heavy atom. The highest BCUT2D eigenvalue weighted by atomic mass is 79.9. The van der Waals surface area contributed by atoms with E-state index in [9.17, 15) is 19.7 Å². The van der Waals surface area contributed by atoms with E-state index in [4.69, 9.17) is 14.5 Å². The second-order valence-electron chi connectivity index (χ2n) is 10.6. The number of carbonyl (C=O) groups is 1. The number of nitrogens with zero attached hydrogens (tertiary/aromatic N) is 5. The first-order valence-electron chi connectivity index (χ1n) is 14.4. The topological polar surface area (TPSA) is 120 Å². The number of benzene rings is 2. The van der Waals surface area contributed by atoms with Gasteiger partial charge in [0.05, 0.1) is 34.4 Å². The van der Waals surface area contributed by atoms with Gasteiger partial charge in [-0.15, -0.1) is 0 Å². The van der Waals surface area contributed by atoms with Crippen molar-refractivity contribution in [3.8, 4) is 5.75 Å². The molecule has 1 atom stereocenters. The van der Waals surface area contributed by atoms with Crippen LogP contribution in [0, 0.1) is 10.1 Å². The van der Waals surface area contributed by atoms with Crippen LogP contribution >= 0.6 is 27.3 Å². The summed E-state index contributed by atoms with van der Waals surface area (Å²) in [6.45, 7) is 6.91. The molecule has 13 heteroatoms. The van der Waals surface area contributed by atoms with Gasteiger partial charge in [0.1, 0.15) is 17.5 Å². The van der Waals surface area contributed by atoms with Crippen LogP contribution in [0.25, 0.3) is 6.08 Å². The molecule has 3 aromatic rings. The molecular formula is C31H34BrN5O6S. The number of esters is 1. The van der Waals surface area contributed by atoms with Crippen LogP contribution in [0.5, 0.6) is 5.75 Å². The summed E-state index contributed by atoms with van der Waals surface area (Å²) in [6.07, 6.45) is 2.88. The van der Waals surface area contributed by atoms with Gasteiger partial charge in [0, 0.05) is 42.3 Å². The lowest BCUT2D eigenvalue weighted by molar-refractivity contribution is -0.384. The fourth-order valence-electron chi connectivity index (χ4n) is 5.58. The molecule has 0 radical (unpaired) electrons. The van der Waals surface area contributed by atoms with E-state index in [1.807, 2.05) is 31.0 Å². The summed E-state index contributed by atoms with van der Waals surface area (Å²) in [6, 6.07) is 9.63. The average Bonchev–Trinajstić information content (AvgIpc) is 3.31. The van der Waals surface area contributed by atoms with Crippen molar-refractivity contribution in [2.45, 2.75) is 32.7 Å². The van der Waals surface area contributed by atoms with Crippen molar-refractivity contribution in [2.24, 2.45) is 4.99 Å². The Kier molecular flexibility index (Phi) is 9.66. The summed E-state index contributed by atoms with van der Waals surface area (Å²) >= 11 is 4.71. The molecule has 5 rings (SSSR count). The fourth-order valence-corrected chi connectivity index (χ4v) is 6.98. The van der Waals surface area contributed by atoms with Gasteiger partial charge in [0.15, 0.2) is 4.80 Å². The van der Waals surface area contributed by atoms with Crippen molar-refractivity contribution in [1.82, 2.24) is 9.47 Å². The van der Waals surface area contributed by atoms with Crippen LogP contribution < -0.4 is 24.5 Å². The van der Waals surface area contributed by atoms with Crippen molar-refractivity contribution in [2.75, 3.05) is 51.8 Å². The minimum absolute atomic E-state index is 0.0114. The molecule has 0 bridgehead atoms. The van der Waals surface area contributed by atoms with E-state index < -0.39 is 12.0 Å². The van der Waals surface area contributed by atoms with E-state index in [1.54, 1.807) is 31.2 Å². The number of anilines is 1. The lowest BCUT2D eigenvalue weighted by atomic mass is 9.93. The summed E-state index contributed by atoms with van der Waals surface area (Å²) < 4.78 is 13.7. The minimum atomic E-state index is -0.851. The maximum absolute atomic E-state index is 14.1. The zero-order valence-electron chi connectivity index (χ0n) is 25.0. The first-order valence-corrected chi connectivity index (χ1v) is 16.0. The van der Waals surface area contributed by atoms with Crippen LogP contribution in [0.15, 0.2) is 61.9 Å². The number of fused-ring (bicyclic) bond motifs is 1. The Hall–Kier alpha value is -3.81. The second kappa shape index (κ2) is 13.4. The lowest BCUT2D eigenvalue weighted by Gasteiger charge is -2.33. The molecule has 0 spiro atoms. The Morgan fingerprint density at radius 2 is 1.93 bits per heavy atom. The number of allylic oxidation sites excluding steroid dienone is 1. The number of nitro groups is 1. The average molecular weight is 685 g/mol. The van der Waals surface area contributed by atoms with Crippen molar-refractivity contribution in [1.29, 1.82) is 0 Å². The van der Waals surface area contributed by atoms with Gasteiger partial charge in [-0.05, 0) is 56.3 Å². The molecule has 2 aromatic carbocycles. The molecule has 2 aliphatic heterocycles. The highest BCUT2D eigenvalue weighted by molar-refractivity contribution is 9.10. The molecule has 232 valence electrons. The van der Waals surface area contributed by atoms with Gasteiger partial charge in [-0.25, -0.2) is 9.79 Å². The predicted octanol–water partition coefficient (Wildman–Crippen LogP) is 4.01. The first-order chi connectivity index (χ1) is 21.2. The van der Waals surface area contributed by atoms with Crippen LogP contribution in [-0.4, -0.2) is 67.3 Å². The van der Waals surface area contributed by atoms with Gasteiger partial charge >= 0.3 is 5.97 Å². The Labute approximate surface area is 267 Å². The minimum Gasteiger partial charge on any atom is -0.496 e. The van der Waals surface area contributed by atoms with Crippen molar-refractivity contribution in [3.63, 3.8) is 0 Å². The number of methoxy groups -OCH3 is 1. The molecule has 0 N–H and O–H groups in total. The summed E-state index contributed by atoms with van der Waals surface area (Å²) in [5.74, 6) is -0.0430. The summed E-state index contributed by atoms with van der Waals surface area (Å²) in [4.78, 5) is 48.8. The van der Waals surface area contributed by atoms with E-state index >= 15 is 0 Å². The number of nitro benzene ring substituents is 1. The number of likely N-dealkylation sites (N-methyl/N-ethyl adjacent to an activating group) is 1. The number of hydrogen-bond acceptors (Lipinski definition) is 10. The maximum atomic E-state index is 14.1. The lowest BCUT2D eigenvalue weighted by Crippen LogP contribution is -2.44. The highest BCUT2D eigenvalue weighted by Crippen LogP contribution is 2.38. The van der Waals surface area contributed by atoms with Crippen LogP contribution in [0.2, 0.25) is 0 Å². The maximum Gasteiger partial charge on any atom is 0.338 e. The number of piperazine rings is 1. The molecule has 44 heavy (non-hydrogen) atoms. The van der Waals surface area contributed by atoms with E-state index in [0.717, 1.165) is 24.0 Å². The molecule has 2 aliphatic rings. The molecule has 0 aliphatic carbocycles. The summed E-state index contributed by atoms with van der Waals surface area (Å²) in [5, 5.41) is 12.1. The van der Waals surface area contributed by atoms with Gasteiger partial charge in [0.25, 0.3) is 11.2 Å². The van der Waals surface area contributed by atoms with Crippen molar-refractivity contribution in [3.05, 3.63) is 93.1 Å².